The lowest BCUT2D eigenvalue weighted by Gasteiger charge is -2.16. The molecule has 100 valence electrons. The minimum Gasteiger partial charge on any atom is -0.378 e. The van der Waals surface area contributed by atoms with E-state index in [0.29, 0.717) is 6.42 Å². The molecule has 1 atom stereocenters. The van der Waals surface area contributed by atoms with Gasteiger partial charge in [-0.15, -0.1) is 0 Å². The van der Waals surface area contributed by atoms with Gasteiger partial charge in [0.2, 0.25) is 0 Å². The molecule has 1 unspecified atom stereocenters. The summed E-state index contributed by atoms with van der Waals surface area (Å²) in [4.78, 5) is 0. The Morgan fingerprint density at radius 2 is 1.63 bits per heavy atom. The minimum absolute atomic E-state index is 0.147. The Bertz CT molecular complexity index is 549. The lowest BCUT2D eigenvalue weighted by molar-refractivity contribution is 0.582. The first kappa shape index (κ1) is 13.5. The zero-order valence-corrected chi connectivity index (χ0v) is 10.5. The summed E-state index contributed by atoms with van der Waals surface area (Å²) >= 11 is 0. The molecule has 19 heavy (non-hydrogen) atoms. The number of halogens is 3. The molecular weight excluding hydrogens is 251 g/mol. The second-order valence-electron chi connectivity index (χ2n) is 4.48. The molecule has 0 bridgehead atoms. The summed E-state index contributed by atoms with van der Waals surface area (Å²) in [7, 11) is 0. The van der Waals surface area contributed by atoms with E-state index in [2.05, 4.69) is 5.32 Å². The van der Waals surface area contributed by atoms with Gasteiger partial charge in [-0.2, -0.15) is 0 Å². The Balaban J connectivity index is 2.07. The highest BCUT2D eigenvalue weighted by Gasteiger charge is 2.11. The fraction of sp³-hybridized carbons (Fsp3) is 0.200. The van der Waals surface area contributed by atoms with Gasteiger partial charge in [0, 0.05) is 6.04 Å². The maximum Gasteiger partial charge on any atom is 0.149 e. The molecule has 4 heteroatoms. The molecule has 0 saturated heterocycles. The van der Waals surface area contributed by atoms with Crippen molar-refractivity contribution in [1.82, 2.24) is 0 Å². The molecule has 0 heterocycles. The summed E-state index contributed by atoms with van der Waals surface area (Å²) in [6.07, 6.45) is 0.478. The van der Waals surface area contributed by atoms with E-state index in [1.807, 2.05) is 0 Å². The quantitative estimate of drug-likeness (QED) is 0.875. The summed E-state index contributed by atoms with van der Waals surface area (Å²) in [5.41, 5.74) is 0.628. The summed E-state index contributed by atoms with van der Waals surface area (Å²) in [6, 6.07) is 9.65. The molecule has 2 aromatic rings. The average molecular weight is 265 g/mol. The lowest BCUT2D eigenvalue weighted by atomic mass is 10.1. The molecule has 0 aliphatic carbocycles. The van der Waals surface area contributed by atoms with Crippen molar-refractivity contribution in [3.8, 4) is 0 Å². The second-order valence-corrected chi connectivity index (χ2v) is 4.48. The van der Waals surface area contributed by atoms with Gasteiger partial charge in [0.05, 0.1) is 0 Å². The van der Waals surface area contributed by atoms with Gasteiger partial charge in [0.15, 0.2) is 0 Å². The standard InChI is InChI=1S/C15H14F3N/c1-10(8-11-4-2-5-12(16)9-11)19-15-13(17)6-3-7-14(15)18/h2-7,9-10,19H,8H2,1H3. The number of benzene rings is 2. The number of rotatable bonds is 4. The molecular formula is C15H14F3N. The molecule has 2 rings (SSSR count). The van der Waals surface area contributed by atoms with E-state index < -0.39 is 11.6 Å². The van der Waals surface area contributed by atoms with Crippen molar-refractivity contribution >= 4 is 5.69 Å². The first-order valence-corrected chi connectivity index (χ1v) is 6.01. The van der Waals surface area contributed by atoms with Crippen LogP contribution in [0.25, 0.3) is 0 Å². The number of hydrogen-bond donors (Lipinski definition) is 1. The highest BCUT2D eigenvalue weighted by Crippen LogP contribution is 2.20. The third-order valence-electron chi connectivity index (χ3n) is 2.78. The minimum atomic E-state index is -0.633. The predicted octanol–water partition coefficient (Wildman–Crippen LogP) is 4.15. The Morgan fingerprint density at radius 1 is 1.00 bits per heavy atom. The van der Waals surface area contributed by atoms with E-state index in [4.69, 9.17) is 0 Å². The van der Waals surface area contributed by atoms with Crippen LogP contribution in [-0.4, -0.2) is 6.04 Å². The molecule has 0 aliphatic rings. The van der Waals surface area contributed by atoms with Crippen molar-refractivity contribution in [3.63, 3.8) is 0 Å². The fourth-order valence-corrected chi connectivity index (χ4v) is 1.95. The normalized spacial score (nSPS) is 12.2. The molecule has 0 spiro atoms. The molecule has 1 nitrogen and oxygen atoms in total. The van der Waals surface area contributed by atoms with Crippen molar-refractivity contribution in [3.05, 3.63) is 65.5 Å². The summed E-state index contributed by atoms with van der Waals surface area (Å²) in [6.45, 7) is 1.79. The number of para-hydroxylation sites is 1. The molecule has 0 fully saturated rings. The van der Waals surface area contributed by atoms with E-state index in [1.54, 1.807) is 19.1 Å². The largest absolute Gasteiger partial charge is 0.378 e. The van der Waals surface area contributed by atoms with Gasteiger partial charge >= 0.3 is 0 Å². The predicted molar refractivity (Wildman–Crippen MR) is 69.5 cm³/mol. The van der Waals surface area contributed by atoms with E-state index in [1.165, 1.54) is 30.3 Å². The van der Waals surface area contributed by atoms with Gasteiger partial charge in [-0.1, -0.05) is 18.2 Å². The first-order chi connectivity index (χ1) is 9.06. The third-order valence-corrected chi connectivity index (χ3v) is 2.78. The number of nitrogens with one attached hydrogen (secondary N) is 1. The summed E-state index contributed by atoms with van der Waals surface area (Å²) in [5.74, 6) is -1.58. The average Bonchev–Trinajstić information content (AvgIpc) is 2.34. The van der Waals surface area contributed by atoms with Crippen molar-refractivity contribution in [2.24, 2.45) is 0 Å². The summed E-state index contributed by atoms with van der Waals surface area (Å²) < 4.78 is 39.9. The van der Waals surface area contributed by atoms with Crippen molar-refractivity contribution in [2.75, 3.05) is 5.32 Å². The third kappa shape index (κ3) is 3.50. The van der Waals surface area contributed by atoms with Gasteiger partial charge in [-0.3, -0.25) is 0 Å². The number of hydrogen-bond acceptors (Lipinski definition) is 1. The van der Waals surface area contributed by atoms with Crippen LogP contribution in [0.15, 0.2) is 42.5 Å². The zero-order valence-electron chi connectivity index (χ0n) is 10.5. The van der Waals surface area contributed by atoms with Crippen LogP contribution in [0, 0.1) is 17.5 Å². The highest BCUT2D eigenvalue weighted by atomic mass is 19.1. The van der Waals surface area contributed by atoms with Crippen LogP contribution in [0.5, 0.6) is 0 Å². The SMILES string of the molecule is CC(Cc1cccc(F)c1)Nc1c(F)cccc1F. The molecule has 1 N–H and O–H groups in total. The van der Waals surface area contributed by atoms with E-state index in [-0.39, 0.29) is 17.5 Å². The van der Waals surface area contributed by atoms with E-state index in [9.17, 15) is 13.2 Å². The van der Waals surface area contributed by atoms with Gasteiger partial charge in [-0.25, -0.2) is 13.2 Å². The van der Waals surface area contributed by atoms with Gasteiger partial charge in [-0.05, 0) is 43.2 Å². The van der Waals surface area contributed by atoms with Gasteiger partial charge in [0.25, 0.3) is 0 Å². The van der Waals surface area contributed by atoms with Crippen molar-refractivity contribution in [2.45, 2.75) is 19.4 Å². The first-order valence-electron chi connectivity index (χ1n) is 6.01. The highest BCUT2D eigenvalue weighted by molar-refractivity contribution is 5.47. The zero-order chi connectivity index (χ0) is 13.8. The number of anilines is 1. The smallest absolute Gasteiger partial charge is 0.149 e. The lowest BCUT2D eigenvalue weighted by Crippen LogP contribution is -2.19. The van der Waals surface area contributed by atoms with Crippen LogP contribution in [0.2, 0.25) is 0 Å². The van der Waals surface area contributed by atoms with Crippen LogP contribution in [0.3, 0.4) is 0 Å². The maximum atomic E-state index is 13.5. The Morgan fingerprint density at radius 3 is 2.26 bits per heavy atom. The Hall–Kier alpha value is -1.97. The molecule has 0 saturated carbocycles. The molecule has 0 amide bonds. The molecule has 0 radical (unpaired) electrons. The van der Waals surface area contributed by atoms with Crippen LogP contribution in [0.1, 0.15) is 12.5 Å². The monoisotopic (exact) mass is 265 g/mol. The molecule has 0 aliphatic heterocycles. The van der Waals surface area contributed by atoms with Crippen LogP contribution in [-0.2, 0) is 6.42 Å². The fourth-order valence-electron chi connectivity index (χ4n) is 1.95. The van der Waals surface area contributed by atoms with Gasteiger partial charge in [0.1, 0.15) is 23.1 Å². The van der Waals surface area contributed by atoms with Gasteiger partial charge < -0.3 is 5.32 Å². The maximum absolute atomic E-state index is 13.5. The van der Waals surface area contributed by atoms with Crippen LogP contribution < -0.4 is 5.32 Å². The second kappa shape index (κ2) is 5.78. The van der Waals surface area contributed by atoms with Crippen molar-refractivity contribution in [1.29, 1.82) is 0 Å². The summed E-state index contributed by atoms with van der Waals surface area (Å²) in [5, 5.41) is 2.77. The topological polar surface area (TPSA) is 12.0 Å². The van der Waals surface area contributed by atoms with Crippen LogP contribution >= 0.6 is 0 Å². The molecule has 0 aromatic heterocycles. The van der Waals surface area contributed by atoms with E-state index >= 15 is 0 Å². The van der Waals surface area contributed by atoms with Crippen molar-refractivity contribution < 1.29 is 13.2 Å². The Kier molecular flexibility index (Phi) is 4.10. The Labute approximate surface area is 110 Å². The van der Waals surface area contributed by atoms with Crippen LogP contribution in [0.4, 0.5) is 18.9 Å². The van der Waals surface area contributed by atoms with E-state index in [0.717, 1.165) is 5.56 Å². The molecule has 2 aromatic carbocycles.